The van der Waals surface area contributed by atoms with Crippen LogP contribution in [-0.2, 0) is 14.4 Å². The van der Waals surface area contributed by atoms with Gasteiger partial charge in [-0.25, -0.2) is 0 Å². The monoisotopic (exact) mass is 269 g/mol. The van der Waals surface area contributed by atoms with Crippen LogP contribution >= 0.6 is 0 Å². The highest BCUT2D eigenvalue weighted by atomic mass is 16.2. The molecular formula is C13H23N3O3. The first-order valence-corrected chi connectivity index (χ1v) is 6.86. The van der Waals surface area contributed by atoms with Crippen molar-refractivity contribution >= 4 is 17.7 Å². The Morgan fingerprint density at radius 2 is 2.00 bits per heavy atom. The predicted molar refractivity (Wildman–Crippen MR) is 71.1 cm³/mol. The Bertz CT molecular complexity index is 357. The smallest absolute Gasteiger partial charge is 0.318 e. The Balaban J connectivity index is 2.78. The lowest BCUT2D eigenvalue weighted by Gasteiger charge is -2.35. The molecule has 0 saturated carbocycles. The van der Waals surface area contributed by atoms with E-state index in [-0.39, 0.29) is 19.1 Å². The van der Waals surface area contributed by atoms with Gasteiger partial charge in [0.05, 0.1) is 0 Å². The van der Waals surface area contributed by atoms with E-state index in [9.17, 15) is 14.4 Å². The van der Waals surface area contributed by atoms with Crippen molar-refractivity contribution in [2.75, 3.05) is 19.6 Å². The van der Waals surface area contributed by atoms with Gasteiger partial charge in [0, 0.05) is 32.6 Å². The van der Waals surface area contributed by atoms with Crippen LogP contribution in [0.1, 0.15) is 39.5 Å². The molecule has 0 aromatic heterocycles. The zero-order valence-corrected chi connectivity index (χ0v) is 11.7. The van der Waals surface area contributed by atoms with E-state index >= 15 is 0 Å². The number of likely N-dealkylation sites (tertiary alicyclic amines) is 1. The molecule has 0 aromatic carbocycles. The summed E-state index contributed by atoms with van der Waals surface area (Å²) in [5.41, 5.74) is 5.37. The van der Waals surface area contributed by atoms with E-state index in [1.165, 1.54) is 6.92 Å². The van der Waals surface area contributed by atoms with Gasteiger partial charge in [0.25, 0.3) is 0 Å². The Kier molecular flexibility index (Phi) is 5.95. The van der Waals surface area contributed by atoms with Crippen molar-refractivity contribution in [2.45, 2.75) is 45.6 Å². The van der Waals surface area contributed by atoms with Gasteiger partial charge in [-0.1, -0.05) is 6.92 Å². The third-order valence-electron chi connectivity index (χ3n) is 3.52. The minimum atomic E-state index is -0.752. The number of rotatable bonds is 3. The molecule has 0 spiro atoms. The molecule has 0 aromatic rings. The summed E-state index contributed by atoms with van der Waals surface area (Å²) >= 11 is 0. The number of hydrogen-bond acceptors (Lipinski definition) is 4. The van der Waals surface area contributed by atoms with Crippen LogP contribution in [0, 0.1) is 0 Å². The van der Waals surface area contributed by atoms with E-state index in [1.54, 1.807) is 4.90 Å². The lowest BCUT2D eigenvalue weighted by molar-refractivity contribution is -0.158. The molecule has 0 bridgehead atoms. The first-order valence-electron chi connectivity index (χ1n) is 6.86. The maximum absolute atomic E-state index is 12.2. The lowest BCUT2D eigenvalue weighted by atomic mass is 10.00. The van der Waals surface area contributed by atoms with Gasteiger partial charge in [-0.05, 0) is 25.7 Å². The van der Waals surface area contributed by atoms with Gasteiger partial charge in [0.1, 0.15) is 0 Å². The first-order chi connectivity index (χ1) is 9.02. The van der Waals surface area contributed by atoms with E-state index in [1.807, 2.05) is 6.92 Å². The highest BCUT2D eigenvalue weighted by Gasteiger charge is 2.33. The molecule has 1 rings (SSSR count). The molecule has 1 saturated heterocycles. The quantitative estimate of drug-likeness (QED) is 0.737. The third-order valence-corrected chi connectivity index (χ3v) is 3.52. The Labute approximate surface area is 113 Å². The van der Waals surface area contributed by atoms with Crippen LogP contribution in [0.15, 0.2) is 0 Å². The third kappa shape index (κ3) is 3.76. The molecule has 0 radical (unpaired) electrons. The van der Waals surface area contributed by atoms with Crippen LogP contribution in [0.2, 0.25) is 0 Å². The number of amides is 3. The number of piperidine rings is 1. The molecule has 0 aliphatic carbocycles. The van der Waals surface area contributed by atoms with E-state index in [4.69, 9.17) is 5.73 Å². The van der Waals surface area contributed by atoms with Gasteiger partial charge >= 0.3 is 11.8 Å². The van der Waals surface area contributed by atoms with Crippen LogP contribution in [0.4, 0.5) is 0 Å². The summed E-state index contributed by atoms with van der Waals surface area (Å²) < 4.78 is 0. The summed E-state index contributed by atoms with van der Waals surface area (Å²) in [4.78, 5) is 38.3. The van der Waals surface area contributed by atoms with Crippen LogP contribution in [-0.4, -0.2) is 53.2 Å². The summed E-state index contributed by atoms with van der Waals surface area (Å²) in [6.45, 7) is 4.12. The predicted octanol–water partition coefficient (Wildman–Crippen LogP) is 0.111. The molecule has 1 atom stereocenters. The standard InChI is InChI=1S/C13H23N3O3/c1-3-11-6-4-5-8-16(11)13(19)12(18)15(9-7-14)10(2)17/h11H,3-9,14H2,1-2H3. The van der Waals surface area contributed by atoms with Gasteiger partial charge < -0.3 is 10.6 Å². The Hall–Kier alpha value is -1.43. The zero-order chi connectivity index (χ0) is 14.4. The summed E-state index contributed by atoms with van der Waals surface area (Å²) in [5, 5.41) is 0. The number of hydrogen-bond donors (Lipinski definition) is 1. The van der Waals surface area contributed by atoms with Crippen molar-refractivity contribution in [3.05, 3.63) is 0 Å². The second-order valence-corrected chi connectivity index (χ2v) is 4.82. The average Bonchev–Trinajstić information content (AvgIpc) is 2.42. The van der Waals surface area contributed by atoms with Gasteiger partial charge in [-0.15, -0.1) is 0 Å². The Morgan fingerprint density at radius 3 is 2.53 bits per heavy atom. The molecule has 6 nitrogen and oxygen atoms in total. The lowest BCUT2D eigenvalue weighted by Crippen LogP contribution is -2.52. The number of imide groups is 1. The number of nitrogens with two attached hydrogens (primary N) is 1. The minimum absolute atomic E-state index is 0.0878. The highest BCUT2D eigenvalue weighted by molar-refractivity contribution is 6.37. The van der Waals surface area contributed by atoms with Crippen LogP contribution in [0.3, 0.4) is 0 Å². The normalized spacial score (nSPS) is 19.1. The van der Waals surface area contributed by atoms with Crippen molar-refractivity contribution in [2.24, 2.45) is 5.73 Å². The molecular weight excluding hydrogens is 246 g/mol. The minimum Gasteiger partial charge on any atom is -0.331 e. The molecule has 1 heterocycles. The fourth-order valence-electron chi connectivity index (χ4n) is 2.46. The summed E-state index contributed by atoms with van der Waals surface area (Å²) in [6.07, 6.45) is 3.74. The van der Waals surface area contributed by atoms with Gasteiger partial charge in [0.15, 0.2) is 0 Å². The van der Waals surface area contributed by atoms with E-state index in [0.29, 0.717) is 6.54 Å². The molecule has 1 aliphatic rings. The molecule has 2 N–H and O–H groups in total. The average molecular weight is 269 g/mol. The molecule has 19 heavy (non-hydrogen) atoms. The van der Waals surface area contributed by atoms with E-state index < -0.39 is 17.7 Å². The van der Waals surface area contributed by atoms with Crippen molar-refractivity contribution in [3.8, 4) is 0 Å². The maximum Gasteiger partial charge on any atom is 0.318 e. The molecule has 108 valence electrons. The van der Waals surface area contributed by atoms with Crippen molar-refractivity contribution in [1.29, 1.82) is 0 Å². The van der Waals surface area contributed by atoms with Gasteiger partial charge in [-0.2, -0.15) is 0 Å². The van der Waals surface area contributed by atoms with E-state index in [2.05, 4.69) is 0 Å². The summed E-state index contributed by atoms with van der Waals surface area (Å²) in [6, 6.07) is 0.108. The van der Waals surface area contributed by atoms with Crippen LogP contribution in [0.5, 0.6) is 0 Å². The van der Waals surface area contributed by atoms with Gasteiger partial charge in [0.2, 0.25) is 5.91 Å². The molecule has 6 heteroatoms. The number of nitrogens with zero attached hydrogens (tertiary/aromatic N) is 2. The fraction of sp³-hybridized carbons (Fsp3) is 0.769. The molecule has 1 aliphatic heterocycles. The zero-order valence-electron chi connectivity index (χ0n) is 11.7. The largest absolute Gasteiger partial charge is 0.331 e. The second-order valence-electron chi connectivity index (χ2n) is 4.82. The first kappa shape index (κ1) is 15.6. The molecule has 3 amide bonds. The summed E-state index contributed by atoms with van der Waals surface area (Å²) in [7, 11) is 0. The number of carbonyl (C=O) groups excluding carboxylic acids is 3. The fourth-order valence-corrected chi connectivity index (χ4v) is 2.46. The van der Waals surface area contributed by atoms with E-state index in [0.717, 1.165) is 30.6 Å². The second kappa shape index (κ2) is 7.23. The van der Waals surface area contributed by atoms with Crippen molar-refractivity contribution in [3.63, 3.8) is 0 Å². The van der Waals surface area contributed by atoms with Crippen molar-refractivity contribution in [1.82, 2.24) is 9.80 Å². The molecule has 1 unspecified atom stereocenters. The van der Waals surface area contributed by atoms with Gasteiger partial charge in [-0.3, -0.25) is 19.3 Å². The Morgan fingerprint density at radius 1 is 1.32 bits per heavy atom. The summed E-state index contributed by atoms with van der Waals surface area (Å²) in [5.74, 6) is -1.76. The highest BCUT2D eigenvalue weighted by Crippen LogP contribution is 2.20. The van der Waals surface area contributed by atoms with Crippen LogP contribution < -0.4 is 5.73 Å². The topological polar surface area (TPSA) is 83.7 Å². The SMILES string of the molecule is CCC1CCCCN1C(=O)C(=O)N(CCN)C(C)=O. The number of carbonyl (C=O) groups is 3. The van der Waals surface area contributed by atoms with Crippen molar-refractivity contribution < 1.29 is 14.4 Å². The maximum atomic E-state index is 12.2. The van der Waals surface area contributed by atoms with Crippen LogP contribution in [0.25, 0.3) is 0 Å². The molecule has 1 fully saturated rings.